The standard InChI is InChI=1S/C19H22N2O3/c1-2-14-5-3-4-6-16(14)21-19(22)9-10-20-15-7-8-17-18(13-15)24-12-11-23-17/h3-8,13,20H,2,9-12H2,1H3,(H,21,22). The third-order valence-electron chi connectivity index (χ3n) is 3.90. The topological polar surface area (TPSA) is 59.6 Å². The van der Waals surface area contributed by atoms with E-state index < -0.39 is 0 Å². The zero-order valence-corrected chi connectivity index (χ0v) is 13.8. The van der Waals surface area contributed by atoms with Crippen molar-refractivity contribution >= 4 is 17.3 Å². The smallest absolute Gasteiger partial charge is 0.226 e. The van der Waals surface area contributed by atoms with E-state index in [0.29, 0.717) is 26.2 Å². The molecular weight excluding hydrogens is 304 g/mol. The van der Waals surface area contributed by atoms with Gasteiger partial charge in [-0.1, -0.05) is 25.1 Å². The van der Waals surface area contributed by atoms with E-state index in [4.69, 9.17) is 9.47 Å². The summed E-state index contributed by atoms with van der Waals surface area (Å²) in [6.07, 6.45) is 1.29. The summed E-state index contributed by atoms with van der Waals surface area (Å²) in [5.41, 5.74) is 2.95. The molecule has 2 N–H and O–H groups in total. The first-order valence-corrected chi connectivity index (χ1v) is 8.27. The minimum Gasteiger partial charge on any atom is -0.486 e. The molecule has 2 aromatic rings. The van der Waals surface area contributed by atoms with Crippen molar-refractivity contribution in [2.24, 2.45) is 0 Å². The van der Waals surface area contributed by atoms with Crippen molar-refractivity contribution in [2.45, 2.75) is 19.8 Å². The Morgan fingerprint density at radius 3 is 2.71 bits per heavy atom. The molecule has 0 bridgehead atoms. The Hall–Kier alpha value is -2.69. The first-order valence-electron chi connectivity index (χ1n) is 8.27. The number of anilines is 2. The molecule has 1 aliphatic heterocycles. The number of nitrogens with one attached hydrogen (secondary N) is 2. The number of rotatable bonds is 6. The molecule has 1 aliphatic rings. The van der Waals surface area contributed by atoms with Gasteiger partial charge in [-0.05, 0) is 30.2 Å². The van der Waals surface area contributed by atoms with Crippen molar-refractivity contribution in [1.82, 2.24) is 0 Å². The van der Waals surface area contributed by atoms with Gasteiger partial charge in [-0.3, -0.25) is 4.79 Å². The second-order valence-corrected chi connectivity index (χ2v) is 5.59. The number of para-hydroxylation sites is 1. The van der Waals surface area contributed by atoms with Gasteiger partial charge in [0.2, 0.25) is 5.91 Å². The Labute approximate surface area is 142 Å². The molecule has 5 heteroatoms. The zero-order chi connectivity index (χ0) is 16.8. The Balaban J connectivity index is 1.50. The summed E-state index contributed by atoms with van der Waals surface area (Å²) in [6.45, 7) is 3.78. The van der Waals surface area contributed by atoms with E-state index in [2.05, 4.69) is 17.6 Å². The normalized spacial score (nSPS) is 12.5. The van der Waals surface area contributed by atoms with Crippen LogP contribution in [0.1, 0.15) is 18.9 Å². The van der Waals surface area contributed by atoms with E-state index in [1.165, 1.54) is 0 Å². The lowest BCUT2D eigenvalue weighted by Crippen LogP contribution is -2.17. The lowest BCUT2D eigenvalue weighted by Gasteiger charge is -2.19. The summed E-state index contributed by atoms with van der Waals surface area (Å²) in [5.74, 6) is 1.51. The van der Waals surface area contributed by atoms with Crippen LogP contribution in [0.5, 0.6) is 11.5 Å². The van der Waals surface area contributed by atoms with E-state index in [1.807, 2.05) is 42.5 Å². The molecular formula is C19H22N2O3. The fourth-order valence-electron chi connectivity index (χ4n) is 2.64. The summed E-state index contributed by atoms with van der Waals surface area (Å²) >= 11 is 0. The molecule has 2 aromatic carbocycles. The molecule has 1 heterocycles. The average Bonchev–Trinajstić information content (AvgIpc) is 2.62. The number of ether oxygens (including phenoxy) is 2. The Kier molecular flexibility index (Phi) is 5.21. The lowest BCUT2D eigenvalue weighted by atomic mass is 10.1. The number of fused-ring (bicyclic) bond motifs is 1. The van der Waals surface area contributed by atoms with Gasteiger partial charge < -0.3 is 20.1 Å². The van der Waals surface area contributed by atoms with Crippen LogP contribution in [0.25, 0.3) is 0 Å². The predicted octanol–water partition coefficient (Wildman–Crippen LogP) is 3.46. The number of hydrogen-bond donors (Lipinski definition) is 2. The van der Waals surface area contributed by atoms with E-state index in [1.54, 1.807) is 0 Å². The molecule has 0 aromatic heterocycles. The minimum absolute atomic E-state index is 0.000873. The first kappa shape index (κ1) is 16.2. The second-order valence-electron chi connectivity index (χ2n) is 5.59. The Morgan fingerprint density at radius 1 is 1.08 bits per heavy atom. The van der Waals surface area contributed by atoms with Gasteiger partial charge >= 0.3 is 0 Å². The summed E-state index contributed by atoms with van der Waals surface area (Å²) in [7, 11) is 0. The van der Waals surface area contributed by atoms with Gasteiger partial charge in [0.1, 0.15) is 13.2 Å². The van der Waals surface area contributed by atoms with Crippen LogP contribution >= 0.6 is 0 Å². The summed E-state index contributed by atoms with van der Waals surface area (Å²) < 4.78 is 11.0. The molecule has 24 heavy (non-hydrogen) atoms. The number of hydrogen-bond acceptors (Lipinski definition) is 4. The average molecular weight is 326 g/mol. The summed E-state index contributed by atoms with van der Waals surface area (Å²) in [6, 6.07) is 13.6. The van der Waals surface area contributed by atoms with Crippen LogP contribution in [0.4, 0.5) is 11.4 Å². The van der Waals surface area contributed by atoms with Crippen LogP contribution in [-0.4, -0.2) is 25.7 Å². The van der Waals surface area contributed by atoms with Gasteiger partial charge in [0.15, 0.2) is 11.5 Å². The monoisotopic (exact) mass is 326 g/mol. The van der Waals surface area contributed by atoms with Gasteiger partial charge in [-0.25, -0.2) is 0 Å². The maximum atomic E-state index is 12.1. The summed E-state index contributed by atoms with van der Waals surface area (Å²) in [4.78, 5) is 12.1. The number of carbonyl (C=O) groups excluding carboxylic acids is 1. The van der Waals surface area contributed by atoms with E-state index in [-0.39, 0.29) is 5.91 Å². The van der Waals surface area contributed by atoms with Gasteiger partial charge in [-0.15, -0.1) is 0 Å². The molecule has 1 amide bonds. The van der Waals surface area contributed by atoms with Crippen molar-refractivity contribution < 1.29 is 14.3 Å². The third kappa shape index (κ3) is 3.98. The molecule has 0 saturated heterocycles. The van der Waals surface area contributed by atoms with Crippen LogP contribution in [0.2, 0.25) is 0 Å². The lowest BCUT2D eigenvalue weighted by molar-refractivity contribution is -0.115. The Morgan fingerprint density at radius 2 is 1.88 bits per heavy atom. The fourth-order valence-corrected chi connectivity index (χ4v) is 2.64. The quantitative estimate of drug-likeness (QED) is 0.853. The molecule has 0 fully saturated rings. The van der Waals surface area contributed by atoms with Crippen LogP contribution in [-0.2, 0) is 11.2 Å². The number of benzene rings is 2. The van der Waals surface area contributed by atoms with Crippen LogP contribution in [0, 0.1) is 0 Å². The van der Waals surface area contributed by atoms with Crippen molar-refractivity contribution in [3.63, 3.8) is 0 Å². The van der Waals surface area contributed by atoms with Gasteiger partial charge in [0.25, 0.3) is 0 Å². The number of amides is 1. The molecule has 3 rings (SSSR count). The molecule has 126 valence electrons. The van der Waals surface area contributed by atoms with Crippen molar-refractivity contribution in [2.75, 3.05) is 30.4 Å². The minimum atomic E-state index is 0.000873. The predicted molar refractivity (Wildman–Crippen MR) is 95.0 cm³/mol. The van der Waals surface area contributed by atoms with Crippen molar-refractivity contribution in [1.29, 1.82) is 0 Å². The van der Waals surface area contributed by atoms with Gasteiger partial charge in [-0.2, -0.15) is 0 Å². The van der Waals surface area contributed by atoms with E-state index >= 15 is 0 Å². The molecule has 0 saturated carbocycles. The van der Waals surface area contributed by atoms with Gasteiger partial charge in [0, 0.05) is 30.4 Å². The SMILES string of the molecule is CCc1ccccc1NC(=O)CCNc1ccc2c(c1)OCCO2. The molecule has 0 unspecified atom stereocenters. The second kappa shape index (κ2) is 7.73. The molecule has 0 aliphatic carbocycles. The Bertz CT molecular complexity index is 716. The summed E-state index contributed by atoms with van der Waals surface area (Å²) in [5, 5.41) is 6.22. The molecule has 0 spiro atoms. The maximum Gasteiger partial charge on any atom is 0.226 e. The van der Waals surface area contributed by atoms with Crippen LogP contribution < -0.4 is 20.1 Å². The van der Waals surface area contributed by atoms with Crippen LogP contribution in [0.3, 0.4) is 0 Å². The fraction of sp³-hybridized carbons (Fsp3) is 0.316. The zero-order valence-electron chi connectivity index (χ0n) is 13.8. The maximum absolute atomic E-state index is 12.1. The van der Waals surface area contributed by atoms with Crippen LogP contribution in [0.15, 0.2) is 42.5 Å². The number of aryl methyl sites for hydroxylation is 1. The highest BCUT2D eigenvalue weighted by molar-refractivity contribution is 5.91. The highest BCUT2D eigenvalue weighted by Crippen LogP contribution is 2.32. The first-order chi connectivity index (χ1) is 11.8. The van der Waals surface area contributed by atoms with E-state index in [9.17, 15) is 4.79 Å². The molecule has 5 nitrogen and oxygen atoms in total. The van der Waals surface area contributed by atoms with Crippen molar-refractivity contribution in [3.05, 3.63) is 48.0 Å². The van der Waals surface area contributed by atoms with Crippen molar-refractivity contribution in [3.8, 4) is 11.5 Å². The largest absolute Gasteiger partial charge is 0.486 e. The highest BCUT2D eigenvalue weighted by atomic mass is 16.6. The van der Waals surface area contributed by atoms with Gasteiger partial charge in [0.05, 0.1) is 0 Å². The molecule has 0 atom stereocenters. The van der Waals surface area contributed by atoms with E-state index in [0.717, 1.165) is 34.9 Å². The number of carbonyl (C=O) groups is 1. The molecule has 0 radical (unpaired) electrons. The highest BCUT2D eigenvalue weighted by Gasteiger charge is 2.11. The third-order valence-corrected chi connectivity index (χ3v) is 3.90.